The molecular weight excluding hydrogens is 425 g/mol. The van der Waals surface area contributed by atoms with Gasteiger partial charge in [-0.15, -0.1) is 10.2 Å². The Kier molecular flexibility index (Phi) is 5.94. The van der Waals surface area contributed by atoms with Crippen molar-refractivity contribution in [3.8, 4) is 0 Å². The van der Waals surface area contributed by atoms with Gasteiger partial charge in [0.2, 0.25) is 11.8 Å². The first-order valence-electron chi connectivity index (χ1n) is 9.69. The molecule has 0 radical (unpaired) electrons. The van der Waals surface area contributed by atoms with Gasteiger partial charge in [-0.3, -0.25) is 9.59 Å². The van der Waals surface area contributed by atoms with Crippen molar-refractivity contribution in [3.05, 3.63) is 28.1 Å². The number of nitrogens with one attached hydrogen (secondary N) is 1. The molecule has 3 N–H and O–H groups in total. The van der Waals surface area contributed by atoms with Crippen molar-refractivity contribution >= 4 is 17.6 Å². The van der Waals surface area contributed by atoms with Crippen molar-refractivity contribution in [2.75, 3.05) is 18.0 Å². The monoisotopic (exact) mass is 447 g/mol. The number of nitrogens with two attached hydrogens (primary N) is 1. The molecule has 7 nitrogen and oxygen atoms in total. The number of alkyl halides is 5. The SMILES string of the molecule is CC1=C(NC(=O)c2c(N3CCCC(F)(F)CC3)nnc(C(F)(F)F)c2C)CC1C(N)=O. The Morgan fingerprint density at radius 3 is 2.42 bits per heavy atom. The molecule has 12 heteroatoms. The third kappa shape index (κ3) is 4.62. The van der Waals surface area contributed by atoms with Crippen molar-refractivity contribution in [1.82, 2.24) is 15.5 Å². The fourth-order valence-electron chi connectivity index (χ4n) is 3.81. The summed E-state index contributed by atoms with van der Waals surface area (Å²) in [5.41, 5.74) is 4.00. The van der Waals surface area contributed by atoms with E-state index in [0.717, 1.165) is 6.92 Å². The predicted octanol–water partition coefficient (Wildman–Crippen LogP) is 2.94. The number of hydrogen-bond acceptors (Lipinski definition) is 5. The molecule has 3 rings (SSSR count). The van der Waals surface area contributed by atoms with Crippen molar-refractivity contribution < 1.29 is 31.5 Å². The topological polar surface area (TPSA) is 101 Å². The maximum absolute atomic E-state index is 13.7. The molecule has 170 valence electrons. The highest BCUT2D eigenvalue weighted by Gasteiger charge is 2.40. The number of allylic oxidation sites excluding steroid dienone is 1. The average molecular weight is 447 g/mol. The van der Waals surface area contributed by atoms with Crippen LogP contribution in [0.3, 0.4) is 0 Å². The summed E-state index contributed by atoms with van der Waals surface area (Å²) in [7, 11) is 0. The average Bonchev–Trinajstić information content (AvgIpc) is 2.83. The number of carbonyl (C=O) groups excluding carboxylic acids is 2. The van der Waals surface area contributed by atoms with Gasteiger partial charge in [-0.2, -0.15) is 13.2 Å². The Hall–Kier alpha value is -2.79. The lowest BCUT2D eigenvalue weighted by molar-refractivity contribution is -0.142. The van der Waals surface area contributed by atoms with Crippen LogP contribution in [-0.4, -0.2) is 41.0 Å². The lowest BCUT2D eigenvalue weighted by Crippen LogP contribution is -2.39. The van der Waals surface area contributed by atoms with E-state index in [2.05, 4.69) is 15.5 Å². The minimum absolute atomic E-state index is 0.0837. The third-order valence-electron chi connectivity index (χ3n) is 5.73. The van der Waals surface area contributed by atoms with Gasteiger partial charge in [-0.1, -0.05) is 0 Å². The van der Waals surface area contributed by atoms with Crippen LogP contribution in [0.25, 0.3) is 0 Å². The number of hydrogen-bond donors (Lipinski definition) is 2. The molecule has 0 bridgehead atoms. The Morgan fingerprint density at radius 2 is 1.84 bits per heavy atom. The van der Waals surface area contributed by atoms with Gasteiger partial charge in [-0.05, 0) is 31.4 Å². The Bertz CT molecular complexity index is 944. The smallest absolute Gasteiger partial charge is 0.369 e. The van der Waals surface area contributed by atoms with Crippen molar-refractivity contribution in [2.45, 2.75) is 51.6 Å². The molecule has 0 aromatic carbocycles. The quantitative estimate of drug-likeness (QED) is 0.692. The van der Waals surface area contributed by atoms with E-state index in [4.69, 9.17) is 5.73 Å². The van der Waals surface area contributed by atoms with Crippen molar-refractivity contribution in [2.24, 2.45) is 11.7 Å². The molecule has 0 saturated carbocycles. The number of amides is 2. The first kappa shape index (κ1) is 22.9. The Balaban J connectivity index is 2.00. The van der Waals surface area contributed by atoms with E-state index < -0.39 is 47.5 Å². The number of halogens is 5. The van der Waals surface area contributed by atoms with E-state index in [1.165, 1.54) is 4.90 Å². The van der Waals surface area contributed by atoms with E-state index in [-0.39, 0.29) is 43.7 Å². The maximum atomic E-state index is 13.7. The molecule has 1 aromatic rings. The van der Waals surface area contributed by atoms with Crippen LogP contribution in [0.15, 0.2) is 11.3 Å². The molecule has 1 aliphatic carbocycles. The molecule has 1 unspecified atom stereocenters. The fourth-order valence-corrected chi connectivity index (χ4v) is 3.81. The molecule has 1 aliphatic heterocycles. The van der Waals surface area contributed by atoms with Crippen LogP contribution < -0.4 is 16.0 Å². The van der Waals surface area contributed by atoms with Crippen LogP contribution in [0.2, 0.25) is 0 Å². The van der Waals surface area contributed by atoms with Crippen LogP contribution in [0, 0.1) is 12.8 Å². The second-order valence-corrected chi connectivity index (χ2v) is 7.84. The highest BCUT2D eigenvalue weighted by molar-refractivity contribution is 6.02. The number of rotatable bonds is 4. The zero-order valence-corrected chi connectivity index (χ0v) is 16.9. The van der Waals surface area contributed by atoms with Crippen LogP contribution in [0.1, 0.15) is 54.2 Å². The highest BCUT2D eigenvalue weighted by Crippen LogP contribution is 2.37. The van der Waals surface area contributed by atoms with Crippen LogP contribution in [0.5, 0.6) is 0 Å². The lowest BCUT2D eigenvalue weighted by Gasteiger charge is -2.30. The van der Waals surface area contributed by atoms with Crippen LogP contribution in [-0.2, 0) is 11.0 Å². The minimum Gasteiger partial charge on any atom is -0.369 e. The highest BCUT2D eigenvalue weighted by atomic mass is 19.4. The molecule has 2 amide bonds. The molecule has 1 aromatic heterocycles. The number of nitrogens with zero attached hydrogens (tertiary/aromatic N) is 3. The van der Waals surface area contributed by atoms with E-state index in [9.17, 15) is 31.5 Å². The molecule has 2 aliphatic rings. The fraction of sp³-hybridized carbons (Fsp3) is 0.579. The van der Waals surface area contributed by atoms with Gasteiger partial charge >= 0.3 is 6.18 Å². The molecular formula is C19H22F5N5O2. The summed E-state index contributed by atoms with van der Waals surface area (Å²) in [6.45, 7) is 2.60. The first-order valence-corrected chi connectivity index (χ1v) is 9.69. The summed E-state index contributed by atoms with van der Waals surface area (Å²) >= 11 is 0. The van der Waals surface area contributed by atoms with E-state index in [1.807, 2.05) is 0 Å². The summed E-state index contributed by atoms with van der Waals surface area (Å²) in [4.78, 5) is 25.7. The standard InChI is InChI=1S/C19H22F5N5O2/c1-9-11(15(25)30)8-12(9)26-17(31)13-10(2)14(19(22,23)24)27-28-16(13)29-6-3-4-18(20,21)5-7-29/h11H,3-8H2,1-2H3,(H2,25,30)(H,26,31). The second kappa shape index (κ2) is 8.04. The molecule has 0 spiro atoms. The first-order chi connectivity index (χ1) is 14.3. The van der Waals surface area contributed by atoms with Gasteiger partial charge in [0.05, 0.1) is 11.5 Å². The van der Waals surface area contributed by atoms with Gasteiger partial charge in [0.25, 0.3) is 5.91 Å². The zero-order chi connectivity index (χ0) is 23.1. The van der Waals surface area contributed by atoms with E-state index >= 15 is 0 Å². The Morgan fingerprint density at radius 1 is 1.16 bits per heavy atom. The Labute approximate surface area is 174 Å². The summed E-state index contributed by atoms with van der Waals surface area (Å²) in [6.07, 6.45) is -5.49. The zero-order valence-electron chi connectivity index (χ0n) is 16.9. The summed E-state index contributed by atoms with van der Waals surface area (Å²) in [6, 6.07) is 0. The van der Waals surface area contributed by atoms with Crippen LogP contribution >= 0.6 is 0 Å². The maximum Gasteiger partial charge on any atom is 0.435 e. The second-order valence-electron chi connectivity index (χ2n) is 7.84. The third-order valence-corrected chi connectivity index (χ3v) is 5.73. The predicted molar refractivity (Wildman–Crippen MR) is 100 cm³/mol. The van der Waals surface area contributed by atoms with Gasteiger partial charge in [-0.25, -0.2) is 8.78 Å². The molecule has 1 atom stereocenters. The number of carbonyl (C=O) groups is 2. The van der Waals surface area contributed by atoms with Crippen molar-refractivity contribution in [1.29, 1.82) is 0 Å². The van der Waals surface area contributed by atoms with Gasteiger partial charge < -0.3 is 16.0 Å². The van der Waals surface area contributed by atoms with Crippen LogP contribution in [0.4, 0.5) is 27.8 Å². The summed E-state index contributed by atoms with van der Waals surface area (Å²) < 4.78 is 67.6. The molecule has 31 heavy (non-hydrogen) atoms. The van der Waals surface area contributed by atoms with Gasteiger partial charge in [0, 0.05) is 38.0 Å². The molecule has 1 saturated heterocycles. The number of aromatic nitrogens is 2. The minimum atomic E-state index is -4.85. The number of primary amides is 1. The largest absolute Gasteiger partial charge is 0.435 e. The van der Waals surface area contributed by atoms with Gasteiger partial charge in [0.1, 0.15) is 0 Å². The lowest BCUT2D eigenvalue weighted by atomic mass is 9.81. The summed E-state index contributed by atoms with van der Waals surface area (Å²) in [5.74, 6) is -5.07. The number of anilines is 1. The van der Waals surface area contributed by atoms with Crippen molar-refractivity contribution in [3.63, 3.8) is 0 Å². The molecule has 2 heterocycles. The normalized spacial score (nSPS) is 21.4. The van der Waals surface area contributed by atoms with E-state index in [0.29, 0.717) is 11.3 Å². The molecule has 1 fully saturated rings. The summed E-state index contributed by atoms with van der Waals surface area (Å²) in [5, 5.41) is 9.38. The van der Waals surface area contributed by atoms with E-state index in [1.54, 1.807) is 6.92 Å². The van der Waals surface area contributed by atoms with Gasteiger partial charge in [0.15, 0.2) is 11.5 Å².